The van der Waals surface area contributed by atoms with Crippen molar-refractivity contribution in [1.82, 2.24) is 0 Å². The minimum atomic E-state index is -0.745. The van der Waals surface area contributed by atoms with E-state index >= 15 is 0 Å². The van der Waals surface area contributed by atoms with Gasteiger partial charge in [-0.2, -0.15) is 0 Å². The maximum absolute atomic E-state index is 14.1. The van der Waals surface area contributed by atoms with E-state index in [1.165, 1.54) is 25.3 Å². The molecule has 3 aromatic rings. The van der Waals surface area contributed by atoms with Gasteiger partial charge >= 0.3 is 0 Å². The lowest BCUT2D eigenvalue weighted by Gasteiger charge is -2.13. The molecule has 0 spiro atoms. The zero-order valence-corrected chi connectivity index (χ0v) is 17.6. The number of methoxy groups -OCH3 is 2. The molecule has 3 rings (SSSR count). The minimum absolute atomic E-state index is 0.169. The third-order valence-corrected chi connectivity index (χ3v) is 4.64. The number of hydrogen-bond donors (Lipinski definition) is 2. The Bertz CT molecular complexity index is 1100. The Labute approximate surface area is 183 Å². The molecular formula is C23H20ClFN2O4. The Morgan fingerprint density at radius 1 is 0.935 bits per heavy atom. The van der Waals surface area contributed by atoms with E-state index in [0.717, 1.165) is 11.6 Å². The van der Waals surface area contributed by atoms with E-state index in [1.807, 2.05) is 0 Å². The van der Waals surface area contributed by atoms with Gasteiger partial charge in [-0.3, -0.25) is 9.59 Å². The highest BCUT2D eigenvalue weighted by Gasteiger charge is 2.16. The monoisotopic (exact) mass is 442 g/mol. The van der Waals surface area contributed by atoms with Crippen molar-refractivity contribution in [2.24, 2.45) is 0 Å². The van der Waals surface area contributed by atoms with E-state index in [4.69, 9.17) is 21.1 Å². The Kier molecular flexibility index (Phi) is 7.23. The Morgan fingerprint density at radius 3 is 2.32 bits per heavy atom. The molecule has 2 N–H and O–H groups in total. The number of ether oxygens (including phenoxy) is 2. The van der Waals surface area contributed by atoms with Gasteiger partial charge in [-0.05, 0) is 54.1 Å². The first kappa shape index (κ1) is 22.3. The van der Waals surface area contributed by atoms with E-state index < -0.39 is 11.7 Å². The van der Waals surface area contributed by atoms with E-state index in [-0.39, 0.29) is 22.2 Å². The summed E-state index contributed by atoms with van der Waals surface area (Å²) >= 11 is 5.74. The van der Waals surface area contributed by atoms with Crippen molar-refractivity contribution in [3.05, 3.63) is 88.2 Å². The second-order valence-corrected chi connectivity index (χ2v) is 7.01. The van der Waals surface area contributed by atoms with Crippen molar-refractivity contribution in [2.45, 2.75) is 6.61 Å². The van der Waals surface area contributed by atoms with E-state index in [1.54, 1.807) is 43.5 Å². The molecule has 0 atom stereocenters. The molecule has 31 heavy (non-hydrogen) atoms. The molecule has 3 aromatic carbocycles. The summed E-state index contributed by atoms with van der Waals surface area (Å²) in [5, 5.41) is 5.55. The number of nitrogens with one attached hydrogen (secondary N) is 2. The molecule has 2 amide bonds. The van der Waals surface area contributed by atoms with Crippen molar-refractivity contribution in [1.29, 1.82) is 0 Å². The SMILES string of the molecule is COCc1ccc(C(=O)Nc2ccc(OC)c(NC(=O)c3ccc(Cl)cc3F)c2)cc1. The summed E-state index contributed by atoms with van der Waals surface area (Å²) in [6, 6.07) is 15.5. The molecule has 0 heterocycles. The van der Waals surface area contributed by atoms with Gasteiger partial charge in [-0.1, -0.05) is 23.7 Å². The third-order valence-electron chi connectivity index (χ3n) is 4.41. The van der Waals surface area contributed by atoms with Crippen LogP contribution in [0, 0.1) is 5.82 Å². The summed E-state index contributed by atoms with van der Waals surface area (Å²) in [5.41, 5.74) is 1.94. The molecular weight excluding hydrogens is 423 g/mol. The smallest absolute Gasteiger partial charge is 0.258 e. The molecule has 0 aliphatic carbocycles. The summed E-state index contributed by atoms with van der Waals surface area (Å²) in [6.07, 6.45) is 0. The fraction of sp³-hybridized carbons (Fsp3) is 0.130. The zero-order valence-electron chi connectivity index (χ0n) is 16.9. The Morgan fingerprint density at radius 2 is 1.68 bits per heavy atom. The predicted molar refractivity (Wildman–Crippen MR) is 117 cm³/mol. The van der Waals surface area contributed by atoms with Crippen molar-refractivity contribution in [3.63, 3.8) is 0 Å². The molecule has 0 saturated heterocycles. The highest BCUT2D eigenvalue weighted by molar-refractivity contribution is 6.30. The van der Waals surface area contributed by atoms with Crippen LogP contribution < -0.4 is 15.4 Å². The van der Waals surface area contributed by atoms with Crippen molar-refractivity contribution >= 4 is 34.8 Å². The van der Waals surface area contributed by atoms with E-state index in [2.05, 4.69) is 10.6 Å². The van der Waals surface area contributed by atoms with Gasteiger partial charge in [0.15, 0.2) is 0 Å². The maximum Gasteiger partial charge on any atom is 0.258 e. The standard InChI is InChI=1S/C23H20ClFN2O4/c1-30-13-14-3-5-15(6-4-14)22(28)26-17-8-10-21(31-2)20(12-17)27-23(29)18-9-7-16(24)11-19(18)25/h3-12H,13H2,1-2H3,(H,26,28)(H,27,29). The van der Waals surface area contributed by atoms with Gasteiger partial charge in [-0.25, -0.2) is 4.39 Å². The van der Waals surface area contributed by atoms with Crippen LogP contribution in [0.15, 0.2) is 60.7 Å². The number of rotatable bonds is 7. The first-order valence-electron chi connectivity index (χ1n) is 9.25. The Balaban J connectivity index is 1.78. The predicted octanol–water partition coefficient (Wildman–Crippen LogP) is 5.14. The fourth-order valence-corrected chi connectivity index (χ4v) is 3.03. The van der Waals surface area contributed by atoms with Crippen LogP contribution in [0.25, 0.3) is 0 Å². The fourth-order valence-electron chi connectivity index (χ4n) is 2.87. The second kappa shape index (κ2) is 10.1. The second-order valence-electron chi connectivity index (χ2n) is 6.58. The molecule has 8 heteroatoms. The Hall–Kier alpha value is -3.42. The summed E-state index contributed by atoms with van der Waals surface area (Å²) in [6.45, 7) is 0.456. The highest BCUT2D eigenvalue weighted by atomic mass is 35.5. The summed E-state index contributed by atoms with van der Waals surface area (Å²) in [5.74, 6) is -1.39. The van der Waals surface area contributed by atoms with E-state index in [9.17, 15) is 14.0 Å². The number of hydrogen-bond acceptors (Lipinski definition) is 4. The highest BCUT2D eigenvalue weighted by Crippen LogP contribution is 2.29. The molecule has 0 aliphatic heterocycles. The molecule has 0 aromatic heterocycles. The molecule has 0 fully saturated rings. The van der Waals surface area contributed by atoms with Gasteiger partial charge in [0.05, 0.1) is 25.0 Å². The first-order chi connectivity index (χ1) is 14.9. The van der Waals surface area contributed by atoms with Gasteiger partial charge in [0, 0.05) is 23.4 Å². The lowest BCUT2D eigenvalue weighted by molar-refractivity contribution is 0.101. The summed E-state index contributed by atoms with van der Waals surface area (Å²) in [4.78, 5) is 25.1. The average Bonchev–Trinajstić information content (AvgIpc) is 2.74. The van der Waals surface area contributed by atoms with Gasteiger partial charge in [0.25, 0.3) is 11.8 Å². The summed E-state index contributed by atoms with van der Waals surface area (Å²) in [7, 11) is 3.04. The molecule has 0 bridgehead atoms. The molecule has 6 nitrogen and oxygen atoms in total. The van der Waals surface area contributed by atoms with Crippen LogP contribution in [0.5, 0.6) is 5.75 Å². The van der Waals surface area contributed by atoms with Crippen molar-refractivity contribution in [3.8, 4) is 5.75 Å². The zero-order chi connectivity index (χ0) is 22.4. The lowest BCUT2D eigenvalue weighted by Crippen LogP contribution is -2.15. The maximum atomic E-state index is 14.1. The van der Waals surface area contributed by atoms with Crippen LogP contribution in [0.4, 0.5) is 15.8 Å². The number of carbonyl (C=O) groups excluding carboxylic acids is 2. The average molecular weight is 443 g/mol. The van der Waals surface area contributed by atoms with Crippen LogP contribution in [0.3, 0.4) is 0 Å². The summed E-state index contributed by atoms with van der Waals surface area (Å²) < 4.78 is 24.4. The van der Waals surface area contributed by atoms with Crippen LogP contribution in [0.2, 0.25) is 5.02 Å². The molecule has 0 saturated carbocycles. The van der Waals surface area contributed by atoms with E-state index in [0.29, 0.717) is 23.6 Å². The number of amides is 2. The quantitative estimate of drug-likeness (QED) is 0.531. The lowest BCUT2D eigenvalue weighted by atomic mass is 10.1. The largest absolute Gasteiger partial charge is 0.495 e. The molecule has 0 unspecified atom stereocenters. The van der Waals surface area contributed by atoms with Gasteiger partial charge < -0.3 is 20.1 Å². The van der Waals surface area contributed by atoms with Gasteiger partial charge in [0.2, 0.25) is 0 Å². The number of halogens is 2. The normalized spacial score (nSPS) is 10.5. The van der Waals surface area contributed by atoms with Crippen LogP contribution in [-0.4, -0.2) is 26.0 Å². The van der Waals surface area contributed by atoms with Gasteiger partial charge in [-0.15, -0.1) is 0 Å². The number of anilines is 2. The van der Waals surface area contributed by atoms with Crippen LogP contribution in [-0.2, 0) is 11.3 Å². The third kappa shape index (κ3) is 5.59. The number of benzene rings is 3. The topological polar surface area (TPSA) is 76.7 Å². The van der Waals surface area contributed by atoms with Crippen LogP contribution in [0.1, 0.15) is 26.3 Å². The van der Waals surface area contributed by atoms with Crippen molar-refractivity contribution < 1.29 is 23.5 Å². The van der Waals surface area contributed by atoms with Gasteiger partial charge in [0.1, 0.15) is 11.6 Å². The molecule has 0 radical (unpaired) electrons. The number of carbonyl (C=O) groups is 2. The van der Waals surface area contributed by atoms with Crippen molar-refractivity contribution in [2.75, 3.05) is 24.9 Å². The molecule has 160 valence electrons. The molecule has 0 aliphatic rings. The first-order valence-corrected chi connectivity index (χ1v) is 9.62. The minimum Gasteiger partial charge on any atom is -0.495 e. The van der Waals surface area contributed by atoms with Crippen LogP contribution >= 0.6 is 11.6 Å².